The summed E-state index contributed by atoms with van der Waals surface area (Å²) in [6, 6.07) is 8.43. The van der Waals surface area contributed by atoms with Crippen molar-refractivity contribution in [3.63, 3.8) is 0 Å². The van der Waals surface area contributed by atoms with Crippen LogP contribution in [0.5, 0.6) is 0 Å². The molecule has 0 radical (unpaired) electrons. The zero-order chi connectivity index (χ0) is 20.8. The normalized spacial score (nSPS) is 10.6. The maximum Gasteiger partial charge on any atom is 0.257 e. The molecule has 0 aliphatic rings. The van der Waals surface area contributed by atoms with Crippen molar-refractivity contribution in [3.8, 4) is 0 Å². The van der Waals surface area contributed by atoms with Gasteiger partial charge in [-0.2, -0.15) is 0 Å². The van der Waals surface area contributed by atoms with E-state index in [4.69, 9.17) is 23.2 Å². The number of anilines is 1. The Balaban J connectivity index is 1.46. The molecule has 0 saturated heterocycles. The van der Waals surface area contributed by atoms with Crippen LogP contribution in [0.25, 0.3) is 10.9 Å². The van der Waals surface area contributed by atoms with Gasteiger partial charge in [0.1, 0.15) is 11.4 Å². The number of hydrogen-bond acceptors (Lipinski definition) is 5. The van der Waals surface area contributed by atoms with Crippen molar-refractivity contribution >= 4 is 51.7 Å². The predicted octanol–water partition coefficient (Wildman–Crippen LogP) is 2.19. The number of hydrogen-bond donors (Lipinski definition) is 4. The number of carbonyl (C=O) groups excluding carboxylic acids is 2. The number of nitrogens with zero attached hydrogens (tertiary/aromatic N) is 1. The molecule has 0 saturated carbocycles. The fraction of sp³-hybridized carbons (Fsp3) is 0.158. The zero-order valence-corrected chi connectivity index (χ0v) is 16.6. The topological polar surface area (TPSA) is 116 Å². The second-order valence-corrected chi connectivity index (χ2v) is 6.86. The van der Waals surface area contributed by atoms with Gasteiger partial charge in [0.15, 0.2) is 0 Å². The van der Waals surface area contributed by atoms with Gasteiger partial charge in [0.2, 0.25) is 11.3 Å². The van der Waals surface area contributed by atoms with E-state index in [1.165, 1.54) is 12.4 Å². The molecule has 10 heteroatoms. The molecule has 29 heavy (non-hydrogen) atoms. The lowest BCUT2D eigenvalue weighted by Crippen LogP contribution is -2.39. The van der Waals surface area contributed by atoms with Gasteiger partial charge in [-0.05, 0) is 18.2 Å². The number of aromatic nitrogens is 2. The van der Waals surface area contributed by atoms with Crippen LogP contribution < -0.4 is 21.4 Å². The van der Waals surface area contributed by atoms with E-state index in [9.17, 15) is 14.4 Å². The average molecular weight is 434 g/mol. The highest BCUT2D eigenvalue weighted by Crippen LogP contribution is 2.21. The highest BCUT2D eigenvalue weighted by atomic mass is 35.5. The molecule has 150 valence electrons. The van der Waals surface area contributed by atoms with Gasteiger partial charge in [-0.15, -0.1) is 0 Å². The quantitative estimate of drug-likeness (QED) is 0.426. The van der Waals surface area contributed by atoms with Crippen LogP contribution in [0.15, 0.2) is 47.5 Å². The Morgan fingerprint density at radius 2 is 1.90 bits per heavy atom. The summed E-state index contributed by atoms with van der Waals surface area (Å²) in [6.07, 6.45) is 2.79. The van der Waals surface area contributed by atoms with E-state index in [1.807, 2.05) is 0 Å². The number of benzene rings is 1. The van der Waals surface area contributed by atoms with Gasteiger partial charge in [0.25, 0.3) is 5.91 Å². The molecular weight excluding hydrogens is 417 g/mol. The van der Waals surface area contributed by atoms with Crippen LogP contribution in [0.1, 0.15) is 10.4 Å². The van der Waals surface area contributed by atoms with Crippen LogP contribution in [-0.2, 0) is 4.79 Å². The molecule has 3 rings (SSSR count). The third-order valence-electron chi connectivity index (χ3n) is 3.99. The highest BCUT2D eigenvalue weighted by molar-refractivity contribution is 6.35. The lowest BCUT2D eigenvalue weighted by atomic mass is 10.1. The van der Waals surface area contributed by atoms with Crippen LogP contribution in [0.4, 0.5) is 5.82 Å². The second-order valence-electron chi connectivity index (χ2n) is 6.02. The summed E-state index contributed by atoms with van der Waals surface area (Å²) < 4.78 is 0. The predicted molar refractivity (Wildman–Crippen MR) is 113 cm³/mol. The molecule has 2 amide bonds. The number of para-hydroxylation sites is 1. The number of carbonyl (C=O) groups is 2. The second kappa shape index (κ2) is 9.40. The molecule has 3 aromatic rings. The van der Waals surface area contributed by atoms with E-state index in [0.717, 1.165) is 0 Å². The number of rotatable bonds is 7. The Bertz CT molecular complexity index is 1120. The van der Waals surface area contributed by atoms with Crippen LogP contribution in [-0.4, -0.2) is 41.4 Å². The van der Waals surface area contributed by atoms with Gasteiger partial charge in [0, 0.05) is 36.4 Å². The molecule has 4 N–H and O–H groups in total. The minimum Gasteiger partial charge on any atom is -0.367 e. The van der Waals surface area contributed by atoms with Crippen LogP contribution >= 0.6 is 23.2 Å². The first-order chi connectivity index (χ1) is 14.0. The Labute approximate surface area is 175 Å². The summed E-state index contributed by atoms with van der Waals surface area (Å²) in [7, 11) is 0. The molecule has 0 unspecified atom stereocenters. The third kappa shape index (κ3) is 5.24. The largest absolute Gasteiger partial charge is 0.367 e. The summed E-state index contributed by atoms with van der Waals surface area (Å²) in [5.74, 6) is -0.566. The van der Waals surface area contributed by atoms with Crippen molar-refractivity contribution in [1.29, 1.82) is 0 Å². The number of nitrogens with one attached hydrogen (secondary N) is 4. The standard InChI is InChI=1S/C19H17Cl2N5O3/c20-11-7-14(21)18(25-8-11)23-6-5-22-16(27)10-26-19(29)13-9-24-15-4-2-1-3-12(15)17(13)28/h1-4,7-9H,5-6,10H2,(H,22,27)(H,23,25)(H,24,28)(H,26,29). The third-order valence-corrected chi connectivity index (χ3v) is 4.48. The summed E-state index contributed by atoms with van der Waals surface area (Å²) in [5.41, 5.74) is 0.185. The summed E-state index contributed by atoms with van der Waals surface area (Å²) >= 11 is 11.8. The van der Waals surface area contributed by atoms with Gasteiger partial charge in [-0.25, -0.2) is 4.98 Å². The van der Waals surface area contributed by atoms with Gasteiger partial charge in [-0.1, -0.05) is 35.3 Å². The Morgan fingerprint density at radius 3 is 2.69 bits per heavy atom. The van der Waals surface area contributed by atoms with Crippen LogP contribution in [0.3, 0.4) is 0 Å². The number of H-pyrrole nitrogens is 1. The van der Waals surface area contributed by atoms with Crippen molar-refractivity contribution in [2.45, 2.75) is 0 Å². The van der Waals surface area contributed by atoms with E-state index in [0.29, 0.717) is 33.3 Å². The Morgan fingerprint density at radius 1 is 1.10 bits per heavy atom. The lowest BCUT2D eigenvalue weighted by Gasteiger charge is -2.09. The SMILES string of the molecule is O=C(CNC(=O)c1c[nH]c2ccccc2c1=O)NCCNc1ncc(Cl)cc1Cl. The summed E-state index contributed by atoms with van der Waals surface area (Å²) in [6.45, 7) is 0.398. The zero-order valence-electron chi connectivity index (χ0n) is 15.1. The molecule has 0 fully saturated rings. The molecule has 0 atom stereocenters. The number of aromatic amines is 1. The molecule has 1 aromatic carbocycles. The van der Waals surface area contributed by atoms with E-state index in [-0.39, 0.29) is 18.7 Å². The van der Waals surface area contributed by atoms with Crippen LogP contribution in [0, 0.1) is 0 Å². The van der Waals surface area contributed by atoms with Crippen molar-refractivity contribution in [1.82, 2.24) is 20.6 Å². The summed E-state index contributed by atoms with van der Waals surface area (Å²) in [5, 5.41) is 9.24. The summed E-state index contributed by atoms with van der Waals surface area (Å²) in [4.78, 5) is 43.5. The molecule has 0 bridgehead atoms. The van der Waals surface area contributed by atoms with Crippen molar-refractivity contribution in [3.05, 3.63) is 68.6 Å². The van der Waals surface area contributed by atoms with Gasteiger partial charge >= 0.3 is 0 Å². The first kappa shape index (κ1) is 20.6. The number of amides is 2. The number of fused-ring (bicyclic) bond motifs is 1. The lowest BCUT2D eigenvalue weighted by molar-refractivity contribution is -0.120. The highest BCUT2D eigenvalue weighted by Gasteiger charge is 2.13. The van der Waals surface area contributed by atoms with E-state index >= 15 is 0 Å². The first-order valence-corrected chi connectivity index (χ1v) is 9.41. The minimum atomic E-state index is -0.623. The van der Waals surface area contributed by atoms with Crippen molar-refractivity contribution in [2.75, 3.05) is 25.0 Å². The smallest absolute Gasteiger partial charge is 0.257 e. The van der Waals surface area contributed by atoms with Gasteiger partial charge in [-0.3, -0.25) is 14.4 Å². The molecule has 0 spiro atoms. The fourth-order valence-corrected chi connectivity index (χ4v) is 3.03. The monoisotopic (exact) mass is 433 g/mol. The Kier molecular flexibility index (Phi) is 6.69. The van der Waals surface area contributed by atoms with E-state index < -0.39 is 17.2 Å². The van der Waals surface area contributed by atoms with Gasteiger partial charge < -0.3 is 20.9 Å². The molecule has 2 aromatic heterocycles. The molecular formula is C19H17Cl2N5O3. The Hall–Kier alpha value is -3.10. The molecule has 0 aliphatic heterocycles. The van der Waals surface area contributed by atoms with Crippen molar-refractivity contribution in [2.24, 2.45) is 0 Å². The number of halogens is 2. The van der Waals surface area contributed by atoms with Gasteiger partial charge in [0.05, 0.1) is 16.6 Å². The van der Waals surface area contributed by atoms with Crippen LogP contribution in [0.2, 0.25) is 10.0 Å². The fourth-order valence-electron chi connectivity index (χ4n) is 2.58. The molecule has 8 nitrogen and oxygen atoms in total. The van der Waals surface area contributed by atoms with Crippen molar-refractivity contribution < 1.29 is 9.59 Å². The molecule has 2 heterocycles. The maximum atomic E-state index is 12.4. The minimum absolute atomic E-state index is 0.0541. The maximum absolute atomic E-state index is 12.4. The average Bonchev–Trinajstić information content (AvgIpc) is 2.71. The molecule has 0 aliphatic carbocycles. The first-order valence-electron chi connectivity index (χ1n) is 8.66. The number of pyridine rings is 2. The van der Waals surface area contributed by atoms with E-state index in [2.05, 4.69) is 25.9 Å². The van der Waals surface area contributed by atoms with E-state index in [1.54, 1.807) is 30.3 Å².